The average molecular weight is 293 g/mol. The number of ether oxygens (including phenoxy) is 2. The van der Waals surface area contributed by atoms with Crippen LogP contribution in [0.2, 0.25) is 5.02 Å². The summed E-state index contributed by atoms with van der Waals surface area (Å²) < 4.78 is 45.7. The van der Waals surface area contributed by atoms with Crippen molar-refractivity contribution in [2.24, 2.45) is 0 Å². The molecule has 0 bridgehead atoms. The number of benzene rings is 1. The Morgan fingerprint density at radius 1 is 1.26 bits per heavy atom. The van der Waals surface area contributed by atoms with E-state index in [0.717, 1.165) is 0 Å². The third-order valence-corrected chi connectivity index (χ3v) is 2.49. The van der Waals surface area contributed by atoms with Crippen LogP contribution in [0, 0.1) is 0 Å². The Kier molecular flexibility index (Phi) is 3.66. The van der Waals surface area contributed by atoms with E-state index in [9.17, 15) is 13.2 Å². The molecule has 0 fully saturated rings. The largest absolute Gasteiger partial charge is 0.480 e. The van der Waals surface area contributed by atoms with E-state index < -0.39 is 18.8 Å². The molecule has 0 saturated heterocycles. The molecule has 8 heteroatoms. The molecular weight excluding hydrogens is 285 g/mol. The molecular formula is C11H8ClF3N2O2. The summed E-state index contributed by atoms with van der Waals surface area (Å²) >= 11 is 5.92. The number of fused-ring (bicyclic) bond motifs is 1. The second-order valence-electron chi connectivity index (χ2n) is 3.56. The van der Waals surface area contributed by atoms with Crippen LogP contribution in [-0.2, 0) is 0 Å². The first-order valence-corrected chi connectivity index (χ1v) is 5.48. The molecule has 4 nitrogen and oxygen atoms in total. The van der Waals surface area contributed by atoms with E-state index in [1.165, 1.54) is 7.11 Å². The number of aromatic nitrogens is 2. The lowest BCUT2D eigenvalue weighted by atomic mass is 10.2. The molecule has 0 radical (unpaired) electrons. The number of rotatable bonds is 3. The van der Waals surface area contributed by atoms with Crippen LogP contribution in [0.4, 0.5) is 13.2 Å². The normalized spacial score (nSPS) is 11.6. The Balaban J connectivity index is 2.44. The third-order valence-electron chi connectivity index (χ3n) is 2.18. The van der Waals surface area contributed by atoms with E-state index in [2.05, 4.69) is 14.7 Å². The third kappa shape index (κ3) is 3.17. The minimum absolute atomic E-state index is 0.102. The minimum Gasteiger partial charge on any atom is -0.480 e. The van der Waals surface area contributed by atoms with Gasteiger partial charge >= 0.3 is 12.2 Å². The van der Waals surface area contributed by atoms with Gasteiger partial charge in [-0.1, -0.05) is 17.7 Å². The highest BCUT2D eigenvalue weighted by Crippen LogP contribution is 2.29. The smallest absolute Gasteiger partial charge is 0.422 e. The fourth-order valence-electron chi connectivity index (χ4n) is 1.44. The van der Waals surface area contributed by atoms with Crippen molar-refractivity contribution in [1.29, 1.82) is 0 Å². The van der Waals surface area contributed by atoms with Crippen molar-refractivity contribution in [2.45, 2.75) is 6.18 Å². The summed E-state index contributed by atoms with van der Waals surface area (Å²) in [5.74, 6) is 0.102. The molecule has 2 rings (SSSR count). The van der Waals surface area contributed by atoms with Crippen molar-refractivity contribution in [2.75, 3.05) is 13.7 Å². The highest BCUT2D eigenvalue weighted by molar-refractivity contribution is 6.35. The quantitative estimate of drug-likeness (QED) is 0.871. The lowest BCUT2D eigenvalue weighted by Crippen LogP contribution is -2.20. The number of hydrogen-bond acceptors (Lipinski definition) is 4. The van der Waals surface area contributed by atoms with Crippen LogP contribution in [0.25, 0.3) is 10.9 Å². The summed E-state index contributed by atoms with van der Waals surface area (Å²) in [5, 5.41) is 0.768. The molecule has 0 aliphatic heterocycles. The van der Waals surface area contributed by atoms with Gasteiger partial charge in [-0.2, -0.15) is 23.1 Å². The molecule has 0 amide bonds. The summed E-state index contributed by atoms with van der Waals surface area (Å²) in [7, 11) is 1.34. The maximum absolute atomic E-state index is 12.1. The van der Waals surface area contributed by atoms with E-state index in [4.69, 9.17) is 16.3 Å². The van der Waals surface area contributed by atoms with Gasteiger partial charge in [0.15, 0.2) is 6.61 Å². The summed E-state index contributed by atoms with van der Waals surface area (Å²) in [6.07, 6.45) is -4.47. The van der Waals surface area contributed by atoms with Crippen molar-refractivity contribution >= 4 is 22.5 Å². The number of nitrogens with zero attached hydrogens (tertiary/aromatic N) is 2. The molecule has 0 spiro atoms. The van der Waals surface area contributed by atoms with Crippen molar-refractivity contribution in [1.82, 2.24) is 9.97 Å². The molecule has 0 unspecified atom stereocenters. The number of para-hydroxylation sites is 1. The zero-order valence-corrected chi connectivity index (χ0v) is 10.4. The van der Waals surface area contributed by atoms with Gasteiger partial charge in [-0.3, -0.25) is 0 Å². The first-order chi connectivity index (χ1) is 8.90. The second-order valence-corrected chi connectivity index (χ2v) is 3.96. The highest BCUT2D eigenvalue weighted by atomic mass is 35.5. The van der Waals surface area contributed by atoms with E-state index in [-0.39, 0.29) is 16.4 Å². The van der Waals surface area contributed by atoms with Crippen LogP contribution in [0.5, 0.6) is 11.9 Å². The second kappa shape index (κ2) is 5.08. The summed E-state index contributed by atoms with van der Waals surface area (Å²) in [6.45, 7) is -1.48. The van der Waals surface area contributed by atoms with Gasteiger partial charge in [0, 0.05) is 0 Å². The van der Waals surface area contributed by atoms with Crippen molar-refractivity contribution < 1.29 is 22.6 Å². The van der Waals surface area contributed by atoms with Crippen LogP contribution in [0.3, 0.4) is 0 Å². The fourth-order valence-corrected chi connectivity index (χ4v) is 1.65. The van der Waals surface area contributed by atoms with Crippen LogP contribution in [-0.4, -0.2) is 29.9 Å². The van der Waals surface area contributed by atoms with Crippen LogP contribution < -0.4 is 9.47 Å². The monoisotopic (exact) mass is 292 g/mol. The molecule has 0 aliphatic rings. The van der Waals surface area contributed by atoms with E-state index in [1.807, 2.05) is 0 Å². The van der Waals surface area contributed by atoms with E-state index >= 15 is 0 Å². The molecule has 1 heterocycles. The van der Waals surface area contributed by atoms with Gasteiger partial charge < -0.3 is 9.47 Å². The Hall–Kier alpha value is -1.76. The van der Waals surface area contributed by atoms with Gasteiger partial charge in [-0.05, 0) is 12.1 Å². The number of halogens is 4. The standard InChI is InChI=1S/C11H8ClF3N2O2/c1-18-9-6-3-2-4-7(12)8(6)16-10(17-9)19-5-11(13,14)15/h2-4H,5H2,1H3. The molecule has 1 aromatic carbocycles. The average Bonchev–Trinajstić information content (AvgIpc) is 2.35. The van der Waals surface area contributed by atoms with Crippen LogP contribution in [0.1, 0.15) is 0 Å². The predicted octanol–water partition coefficient (Wildman–Crippen LogP) is 3.23. The maximum Gasteiger partial charge on any atom is 0.422 e. The van der Waals surface area contributed by atoms with E-state index in [1.54, 1.807) is 18.2 Å². The molecule has 0 N–H and O–H groups in total. The molecule has 0 saturated carbocycles. The lowest BCUT2D eigenvalue weighted by Gasteiger charge is -2.10. The van der Waals surface area contributed by atoms with Gasteiger partial charge in [0.2, 0.25) is 5.88 Å². The molecule has 2 aromatic rings. The Labute approximate surface area is 111 Å². The van der Waals surface area contributed by atoms with Gasteiger partial charge in [-0.25, -0.2) is 0 Å². The first kappa shape index (κ1) is 13.7. The molecule has 1 aromatic heterocycles. The fraction of sp³-hybridized carbons (Fsp3) is 0.273. The van der Waals surface area contributed by atoms with Gasteiger partial charge in [0.1, 0.15) is 0 Å². The molecule has 0 aliphatic carbocycles. The molecule has 0 atom stereocenters. The SMILES string of the molecule is COc1nc(OCC(F)(F)F)nc2c(Cl)cccc12. The van der Waals surface area contributed by atoms with Crippen molar-refractivity contribution in [3.05, 3.63) is 23.2 Å². The Morgan fingerprint density at radius 2 is 2.00 bits per heavy atom. The Bertz CT molecular complexity index is 604. The van der Waals surface area contributed by atoms with Crippen LogP contribution in [0.15, 0.2) is 18.2 Å². The van der Waals surface area contributed by atoms with Crippen molar-refractivity contribution in [3.8, 4) is 11.9 Å². The summed E-state index contributed by atoms with van der Waals surface area (Å²) in [4.78, 5) is 7.59. The zero-order chi connectivity index (χ0) is 14.0. The molecule has 102 valence electrons. The number of methoxy groups -OCH3 is 1. The van der Waals surface area contributed by atoms with Gasteiger partial charge in [-0.15, -0.1) is 0 Å². The highest BCUT2D eigenvalue weighted by Gasteiger charge is 2.29. The van der Waals surface area contributed by atoms with E-state index in [0.29, 0.717) is 5.39 Å². The molecule has 19 heavy (non-hydrogen) atoms. The summed E-state index contributed by atoms with van der Waals surface area (Å²) in [5.41, 5.74) is 0.271. The zero-order valence-electron chi connectivity index (χ0n) is 9.66. The topological polar surface area (TPSA) is 44.2 Å². The van der Waals surface area contributed by atoms with Crippen LogP contribution >= 0.6 is 11.6 Å². The predicted molar refractivity (Wildman–Crippen MR) is 62.7 cm³/mol. The number of alkyl halides is 3. The first-order valence-electron chi connectivity index (χ1n) is 5.10. The van der Waals surface area contributed by atoms with Gasteiger partial charge in [0.25, 0.3) is 0 Å². The number of hydrogen-bond donors (Lipinski definition) is 0. The Morgan fingerprint density at radius 3 is 2.63 bits per heavy atom. The maximum atomic E-state index is 12.1. The van der Waals surface area contributed by atoms with Crippen molar-refractivity contribution in [3.63, 3.8) is 0 Å². The lowest BCUT2D eigenvalue weighted by molar-refractivity contribution is -0.154. The summed E-state index contributed by atoms with van der Waals surface area (Å²) in [6, 6.07) is 4.43. The van der Waals surface area contributed by atoms with Gasteiger partial charge in [0.05, 0.1) is 23.0 Å². The minimum atomic E-state index is -4.47.